The Balaban J connectivity index is 1.69. The highest BCUT2D eigenvalue weighted by Crippen LogP contribution is 2.20. The summed E-state index contributed by atoms with van der Waals surface area (Å²) in [7, 11) is 0. The third kappa shape index (κ3) is 7.61. The van der Waals surface area contributed by atoms with E-state index >= 15 is 0 Å². The molecular formula is C27H34N2O5. The van der Waals surface area contributed by atoms with Crippen LogP contribution in [-0.2, 0) is 32.1 Å². The molecule has 7 nitrogen and oxygen atoms in total. The standard InChI is InChI=1S/C27H34N2O5/c1-27(2,3)34-25(31)22(18-20-12-6-4-7-13-20)28-24(30)23-16-10-11-17-29(23)26(32)33-19-21-14-8-5-9-15-21/h4-9,12-15,22-23H,10-11,16-19H2,1-3H3,(H,28,30)/t22-,23-/m0/s1. The summed E-state index contributed by atoms with van der Waals surface area (Å²) in [4.78, 5) is 40.5. The summed E-state index contributed by atoms with van der Waals surface area (Å²) in [6, 6.07) is 17.3. The Hall–Kier alpha value is -3.35. The molecule has 0 spiro atoms. The van der Waals surface area contributed by atoms with Crippen molar-refractivity contribution in [3.05, 3.63) is 71.8 Å². The van der Waals surface area contributed by atoms with Gasteiger partial charge in [-0.3, -0.25) is 9.69 Å². The lowest BCUT2D eigenvalue weighted by atomic mass is 10.0. The Labute approximate surface area is 201 Å². The number of carbonyl (C=O) groups excluding carboxylic acids is 3. The summed E-state index contributed by atoms with van der Waals surface area (Å²) in [6.07, 6.45) is 1.89. The average Bonchev–Trinajstić information content (AvgIpc) is 2.82. The second-order valence-electron chi connectivity index (χ2n) is 9.53. The molecule has 1 aliphatic rings. The van der Waals surface area contributed by atoms with E-state index in [-0.39, 0.29) is 12.5 Å². The highest BCUT2D eigenvalue weighted by molar-refractivity contribution is 5.90. The van der Waals surface area contributed by atoms with Crippen LogP contribution in [0.4, 0.5) is 4.79 Å². The van der Waals surface area contributed by atoms with Gasteiger partial charge in [0.05, 0.1) is 0 Å². The van der Waals surface area contributed by atoms with E-state index in [9.17, 15) is 14.4 Å². The van der Waals surface area contributed by atoms with Gasteiger partial charge in [0.25, 0.3) is 0 Å². The molecule has 1 heterocycles. The van der Waals surface area contributed by atoms with Gasteiger partial charge in [0.2, 0.25) is 5.91 Å². The van der Waals surface area contributed by atoms with Gasteiger partial charge in [-0.1, -0.05) is 60.7 Å². The normalized spacial score (nSPS) is 16.9. The molecule has 1 saturated heterocycles. The van der Waals surface area contributed by atoms with E-state index < -0.39 is 29.7 Å². The summed E-state index contributed by atoms with van der Waals surface area (Å²) >= 11 is 0. The van der Waals surface area contributed by atoms with Crippen LogP contribution in [0, 0.1) is 0 Å². The fourth-order valence-corrected chi connectivity index (χ4v) is 3.91. The zero-order valence-electron chi connectivity index (χ0n) is 20.2. The lowest BCUT2D eigenvalue weighted by Crippen LogP contribution is -2.56. The highest BCUT2D eigenvalue weighted by atomic mass is 16.6. The van der Waals surface area contributed by atoms with Crippen LogP contribution in [0.3, 0.4) is 0 Å². The Morgan fingerprint density at radius 3 is 2.21 bits per heavy atom. The van der Waals surface area contributed by atoms with Gasteiger partial charge >= 0.3 is 12.1 Å². The summed E-state index contributed by atoms with van der Waals surface area (Å²) in [6.45, 7) is 5.94. The third-order valence-corrected chi connectivity index (χ3v) is 5.54. The van der Waals surface area contributed by atoms with Crippen molar-refractivity contribution in [2.24, 2.45) is 0 Å². The largest absolute Gasteiger partial charge is 0.458 e. The van der Waals surface area contributed by atoms with E-state index in [1.165, 1.54) is 4.90 Å². The van der Waals surface area contributed by atoms with Crippen LogP contribution in [0.5, 0.6) is 0 Å². The lowest BCUT2D eigenvalue weighted by Gasteiger charge is -2.35. The number of benzene rings is 2. The first-order valence-electron chi connectivity index (χ1n) is 11.8. The number of ether oxygens (including phenoxy) is 2. The van der Waals surface area contributed by atoms with Crippen molar-refractivity contribution in [1.82, 2.24) is 10.2 Å². The number of piperidine rings is 1. The maximum atomic E-state index is 13.3. The predicted octanol–water partition coefficient (Wildman–Crippen LogP) is 4.25. The second-order valence-corrected chi connectivity index (χ2v) is 9.53. The smallest absolute Gasteiger partial charge is 0.410 e. The molecule has 2 aromatic rings. The molecule has 2 aromatic carbocycles. The number of hydrogen-bond donors (Lipinski definition) is 1. The van der Waals surface area contributed by atoms with Crippen molar-refractivity contribution in [2.45, 2.75) is 70.7 Å². The van der Waals surface area contributed by atoms with Gasteiger partial charge in [-0.2, -0.15) is 0 Å². The van der Waals surface area contributed by atoms with E-state index in [1.807, 2.05) is 60.7 Å². The number of likely N-dealkylation sites (tertiary alicyclic amines) is 1. The molecule has 0 saturated carbocycles. The fraction of sp³-hybridized carbons (Fsp3) is 0.444. The SMILES string of the molecule is CC(C)(C)OC(=O)[C@H](Cc1ccccc1)NC(=O)[C@@H]1CCCCN1C(=O)OCc1ccccc1. The molecule has 0 unspecified atom stereocenters. The summed E-state index contributed by atoms with van der Waals surface area (Å²) < 4.78 is 11.0. The van der Waals surface area contributed by atoms with Gasteiger partial charge in [0, 0.05) is 13.0 Å². The quantitative estimate of drug-likeness (QED) is 0.617. The van der Waals surface area contributed by atoms with E-state index in [0.29, 0.717) is 19.4 Å². The molecule has 34 heavy (non-hydrogen) atoms. The monoisotopic (exact) mass is 466 g/mol. The molecule has 7 heteroatoms. The topological polar surface area (TPSA) is 84.9 Å². The molecule has 0 bridgehead atoms. The van der Waals surface area contributed by atoms with Crippen molar-refractivity contribution in [2.75, 3.05) is 6.54 Å². The number of rotatable bonds is 7. The lowest BCUT2D eigenvalue weighted by molar-refractivity contribution is -0.159. The van der Waals surface area contributed by atoms with Crippen LogP contribution >= 0.6 is 0 Å². The molecule has 2 amide bonds. The van der Waals surface area contributed by atoms with Crippen molar-refractivity contribution in [3.63, 3.8) is 0 Å². The van der Waals surface area contributed by atoms with Gasteiger partial charge in [-0.15, -0.1) is 0 Å². The number of carbonyl (C=O) groups is 3. The molecule has 1 fully saturated rings. The Kier molecular flexibility index (Phi) is 8.68. The minimum absolute atomic E-state index is 0.138. The van der Waals surface area contributed by atoms with Gasteiger partial charge in [-0.25, -0.2) is 9.59 Å². The van der Waals surface area contributed by atoms with Crippen LogP contribution in [0.1, 0.15) is 51.2 Å². The van der Waals surface area contributed by atoms with Gasteiger partial charge in [0.1, 0.15) is 24.3 Å². The van der Waals surface area contributed by atoms with Crippen LogP contribution in [0.15, 0.2) is 60.7 Å². The van der Waals surface area contributed by atoms with E-state index in [4.69, 9.17) is 9.47 Å². The van der Waals surface area contributed by atoms with Crippen molar-refractivity contribution < 1.29 is 23.9 Å². The molecule has 3 rings (SSSR count). The average molecular weight is 467 g/mol. The predicted molar refractivity (Wildman–Crippen MR) is 129 cm³/mol. The van der Waals surface area contributed by atoms with Gasteiger partial charge in [-0.05, 0) is 51.2 Å². The van der Waals surface area contributed by atoms with E-state index in [0.717, 1.165) is 24.0 Å². The minimum Gasteiger partial charge on any atom is -0.458 e. The molecule has 1 N–H and O–H groups in total. The Bertz CT molecular complexity index is 956. The van der Waals surface area contributed by atoms with Gasteiger partial charge < -0.3 is 14.8 Å². The summed E-state index contributed by atoms with van der Waals surface area (Å²) in [5, 5.41) is 2.85. The Morgan fingerprint density at radius 1 is 0.971 bits per heavy atom. The fourth-order valence-electron chi connectivity index (χ4n) is 3.91. The van der Waals surface area contributed by atoms with Crippen molar-refractivity contribution in [1.29, 1.82) is 0 Å². The molecule has 0 aromatic heterocycles. The van der Waals surface area contributed by atoms with Crippen LogP contribution < -0.4 is 5.32 Å². The van der Waals surface area contributed by atoms with E-state index in [2.05, 4.69) is 5.32 Å². The van der Waals surface area contributed by atoms with Crippen LogP contribution in [-0.4, -0.2) is 47.1 Å². The third-order valence-electron chi connectivity index (χ3n) is 5.54. The second kappa shape index (κ2) is 11.7. The summed E-state index contributed by atoms with van der Waals surface area (Å²) in [5.74, 6) is -0.873. The maximum absolute atomic E-state index is 13.3. The zero-order chi connectivity index (χ0) is 24.6. The molecule has 2 atom stereocenters. The first-order chi connectivity index (χ1) is 16.2. The zero-order valence-corrected chi connectivity index (χ0v) is 20.2. The summed E-state index contributed by atoms with van der Waals surface area (Å²) in [5.41, 5.74) is 1.10. The number of nitrogens with one attached hydrogen (secondary N) is 1. The highest BCUT2D eigenvalue weighted by Gasteiger charge is 2.36. The Morgan fingerprint density at radius 2 is 1.59 bits per heavy atom. The van der Waals surface area contributed by atoms with Crippen molar-refractivity contribution >= 4 is 18.0 Å². The molecule has 182 valence electrons. The number of esters is 1. The number of hydrogen-bond acceptors (Lipinski definition) is 5. The molecule has 1 aliphatic heterocycles. The molecule has 0 radical (unpaired) electrons. The first kappa shape index (κ1) is 25.3. The van der Waals surface area contributed by atoms with Crippen LogP contribution in [0.2, 0.25) is 0 Å². The van der Waals surface area contributed by atoms with Crippen LogP contribution in [0.25, 0.3) is 0 Å². The molecule has 0 aliphatic carbocycles. The first-order valence-corrected chi connectivity index (χ1v) is 11.8. The molecular weight excluding hydrogens is 432 g/mol. The maximum Gasteiger partial charge on any atom is 0.410 e. The van der Waals surface area contributed by atoms with Crippen molar-refractivity contribution in [3.8, 4) is 0 Å². The number of nitrogens with zero attached hydrogens (tertiary/aromatic N) is 1. The van der Waals surface area contributed by atoms with E-state index in [1.54, 1.807) is 20.8 Å². The minimum atomic E-state index is -0.863. The van der Waals surface area contributed by atoms with Gasteiger partial charge in [0.15, 0.2) is 0 Å². The number of amides is 2.